The normalized spacial score (nSPS) is 21.7. The van der Waals surface area contributed by atoms with Gasteiger partial charge in [-0.15, -0.1) is 0 Å². The summed E-state index contributed by atoms with van der Waals surface area (Å²) in [6, 6.07) is 5.25. The third kappa shape index (κ3) is 4.34. The lowest BCUT2D eigenvalue weighted by atomic mass is 9.85. The van der Waals surface area contributed by atoms with Crippen molar-refractivity contribution in [3.05, 3.63) is 29.8 Å². The molecule has 2 atom stereocenters. The number of carbonyl (C=O) groups is 5. The van der Waals surface area contributed by atoms with Crippen molar-refractivity contribution in [1.82, 2.24) is 15.1 Å². The molecule has 30 heavy (non-hydrogen) atoms. The summed E-state index contributed by atoms with van der Waals surface area (Å²) in [5, 5.41) is 5.24. The molecule has 1 saturated heterocycles. The molecule has 1 aromatic carbocycles. The van der Waals surface area contributed by atoms with Crippen molar-refractivity contribution >= 4 is 35.3 Å². The number of rotatable bonds is 6. The summed E-state index contributed by atoms with van der Waals surface area (Å²) in [7, 11) is 0. The number of hydrogen-bond donors (Lipinski definition) is 2. The van der Waals surface area contributed by atoms with E-state index in [2.05, 4.69) is 10.6 Å². The van der Waals surface area contributed by atoms with Crippen LogP contribution in [0.2, 0.25) is 0 Å². The highest BCUT2D eigenvalue weighted by molar-refractivity contribution is 6.45. The Morgan fingerprint density at radius 1 is 1.10 bits per heavy atom. The number of carbonyl (C=O) groups excluding carboxylic acids is 5. The summed E-state index contributed by atoms with van der Waals surface area (Å²) >= 11 is 0. The van der Waals surface area contributed by atoms with Crippen LogP contribution in [-0.2, 0) is 14.4 Å². The van der Waals surface area contributed by atoms with Crippen LogP contribution in [0.4, 0.5) is 10.5 Å². The lowest BCUT2D eigenvalue weighted by Crippen LogP contribution is -2.46. The molecule has 0 bridgehead atoms. The Morgan fingerprint density at radius 3 is 2.53 bits per heavy atom. The molecule has 1 aromatic rings. The first-order valence-corrected chi connectivity index (χ1v) is 10.2. The van der Waals surface area contributed by atoms with E-state index < -0.39 is 30.3 Å². The Labute approximate surface area is 174 Å². The molecule has 9 nitrogen and oxygen atoms in total. The number of amides is 6. The Kier molecular flexibility index (Phi) is 6.49. The van der Waals surface area contributed by atoms with E-state index >= 15 is 0 Å². The Balaban J connectivity index is 1.67. The minimum atomic E-state index is -0.982. The number of imide groups is 2. The molecule has 6 amide bonds. The van der Waals surface area contributed by atoms with Crippen molar-refractivity contribution < 1.29 is 24.0 Å². The van der Waals surface area contributed by atoms with Gasteiger partial charge >= 0.3 is 17.8 Å². The van der Waals surface area contributed by atoms with Gasteiger partial charge in [-0.25, -0.2) is 9.69 Å². The second kappa shape index (κ2) is 9.06. The van der Waals surface area contributed by atoms with E-state index in [-0.39, 0.29) is 17.9 Å². The Hall–Kier alpha value is -3.23. The topological polar surface area (TPSA) is 116 Å². The van der Waals surface area contributed by atoms with Crippen LogP contribution in [0.3, 0.4) is 0 Å². The summed E-state index contributed by atoms with van der Waals surface area (Å²) in [4.78, 5) is 63.6. The van der Waals surface area contributed by atoms with Crippen molar-refractivity contribution in [2.75, 3.05) is 18.4 Å². The highest BCUT2D eigenvalue weighted by atomic mass is 16.2. The van der Waals surface area contributed by atoms with Gasteiger partial charge in [0.25, 0.3) is 5.91 Å². The monoisotopic (exact) mass is 414 g/mol. The molecule has 9 heteroatoms. The minimum Gasteiger partial charge on any atom is -0.352 e. The molecule has 0 unspecified atom stereocenters. The number of benzene rings is 1. The molecule has 0 spiro atoms. The Morgan fingerprint density at radius 2 is 1.83 bits per heavy atom. The maximum atomic E-state index is 12.8. The van der Waals surface area contributed by atoms with Gasteiger partial charge in [-0.1, -0.05) is 25.8 Å². The number of urea groups is 1. The molecule has 1 aliphatic carbocycles. The van der Waals surface area contributed by atoms with Crippen LogP contribution < -0.4 is 10.6 Å². The highest BCUT2D eigenvalue weighted by Gasteiger charge is 2.49. The van der Waals surface area contributed by atoms with E-state index in [1.165, 1.54) is 6.07 Å². The molecule has 0 radical (unpaired) electrons. The molecule has 160 valence electrons. The SMILES string of the molecule is CCNC(=O)c1cccc(NC(=O)CN2C(=O)C(=O)N([C@@H]3CCCC[C@H]3C)C2=O)c1. The maximum absolute atomic E-state index is 12.8. The summed E-state index contributed by atoms with van der Waals surface area (Å²) in [6.07, 6.45) is 3.48. The molecule has 2 N–H and O–H groups in total. The first-order valence-electron chi connectivity index (χ1n) is 10.2. The maximum Gasteiger partial charge on any atom is 0.334 e. The third-order valence-corrected chi connectivity index (χ3v) is 5.53. The Bertz CT molecular complexity index is 884. The predicted octanol–water partition coefficient (Wildman–Crippen LogP) is 1.74. The smallest absolute Gasteiger partial charge is 0.334 e. The first kappa shape index (κ1) is 21.5. The van der Waals surface area contributed by atoms with Crippen LogP contribution in [0.1, 0.15) is 49.9 Å². The van der Waals surface area contributed by atoms with Crippen molar-refractivity contribution in [3.63, 3.8) is 0 Å². The summed E-state index contributed by atoms with van der Waals surface area (Å²) < 4.78 is 0. The van der Waals surface area contributed by atoms with Gasteiger partial charge in [0.05, 0.1) is 0 Å². The zero-order valence-electron chi connectivity index (χ0n) is 17.1. The van der Waals surface area contributed by atoms with E-state index in [9.17, 15) is 24.0 Å². The summed E-state index contributed by atoms with van der Waals surface area (Å²) in [5.74, 6) is -2.64. The third-order valence-electron chi connectivity index (χ3n) is 5.53. The molecule has 2 fully saturated rings. The van der Waals surface area contributed by atoms with Crippen LogP contribution >= 0.6 is 0 Å². The van der Waals surface area contributed by atoms with Gasteiger partial charge in [-0.3, -0.25) is 24.1 Å². The number of nitrogens with one attached hydrogen (secondary N) is 2. The lowest BCUT2D eigenvalue weighted by Gasteiger charge is -2.34. The summed E-state index contributed by atoms with van der Waals surface area (Å²) in [6.45, 7) is 3.67. The van der Waals surface area contributed by atoms with E-state index in [1.807, 2.05) is 6.92 Å². The lowest BCUT2D eigenvalue weighted by molar-refractivity contribution is -0.145. The fourth-order valence-corrected chi connectivity index (χ4v) is 3.98. The van der Waals surface area contributed by atoms with Crippen LogP contribution in [-0.4, -0.2) is 58.6 Å². The zero-order valence-corrected chi connectivity index (χ0v) is 17.1. The van der Waals surface area contributed by atoms with Gasteiger partial charge in [0.2, 0.25) is 5.91 Å². The molecular weight excluding hydrogens is 388 g/mol. The second-order valence-electron chi connectivity index (χ2n) is 7.67. The number of nitrogens with zero attached hydrogens (tertiary/aromatic N) is 2. The van der Waals surface area contributed by atoms with E-state index in [1.54, 1.807) is 25.1 Å². The van der Waals surface area contributed by atoms with Crippen molar-refractivity contribution in [3.8, 4) is 0 Å². The van der Waals surface area contributed by atoms with Crippen LogP contribution in [0, 0.1) is 5.92 Å². The minimum absolute atomic E-state index is 0.116. The largest absolute Gasteiger partial charge is 0.352 e. The van der Waals surface area contributed by atoms with Crippen molar-refractivity contribution in [2.24, 2.45) is 5.92 Å². The predicted molar refractivity (Wildman–Crippen MR) is 108 cm³/mol. The number of hydrogen-bond acceptors (Lipinski definition) is 5. The fraction of sp³-hybridized carbons (Fsp3) is 0.476. The van der Waals surface area contributed by atoms with Gasteiger partial charge in [0.1, 0.15) is 6.54 Å². The molecule has 2 aliphatic rings. The van der Waals surface area contributed by atoms with Gasteiger partial charge in [-0.2, -0.15) is 0 Å². The van der Waals surface area contributed by atoms with E-state index in [4.69, 9.17) is 0 Å². The fourth-order valence-electron chi connectivity index (χ4n) is 3.98. The molecule has 1 aliphatic heterocycles. The highest BCUT2D eigenvalue weighted by Crippen LogP contribution is 2.31. The van der Waals surface area contributed by atoms with Crippen LogP contribution in [0.25, 0.3) is 0 Å². The van der Waals surface area contributed by atoms with E-state index in [0.29, 0.717) is 29.1 Å². The molecule has 0 aromatic heterocycles. The van der Waals surface area contributed by atoms with Gasteiger partial charge in [0.15, 0.2) is 0 Å². The molecule has 1 heterocycles. The van der Waals surface area contributed by atoms with E-state index in [0.717, 1.165) is 24.2 Å². The summed E-state index contributed by atoms with van der Waals surface area (Å²) in [5.41, 5.74) is 0.725. The van der Waals surface area contributed by atoms with Gasteiger partial charge in [-0.05, 0) is 43.9 Å². The number of anilines is 1. The zero-order chi connectivity index (χ0) is 21.8. The van der Waals surface area contributed by atoms with Crippen molar-refractivity contribution in [1.29, 1.82) is 0 Å². The molecular formula is C21H26N4O5. The molecule has 1 saturated carbocycles. The van der Waals surface area contributed by atoms with Gasteiger partial charge < -0.3 is 10.6 Å². The van der Waals surface area contributed by atoms with Gasteiger partial charge in [0, 0.05) is 23.8 Å². The van der Waals surface area contributed by atoms with Crippen LogP contribution in [0.15, 0.2) is 24.3 Å². The average Bonchev–Trinajstić information content (AvgIpc) is 2.92. The standard InChI is InChI=1S/C21H26N4O5/c1-3-22-18(27)14-8-6-9-15(11-14)23-17(26)12-24-19(28)20(29)25(21(24)30)16-10-5-4-7-13(16)2/h6,8-9,11,13,16H,3-5,7,10,12H2,1-2H3,(H,22,27)(H,23,26)/t13-,16-/m1/s1. The molecule has 3 rings (SSSR count). The quantitative estimate of drug-likeness (QED) is 0.543. The first-order chi connectivity index (χ1) is 14.3. The second-order valence-corrected chi connectivity index (χ2v) is 7.67. The average molecular weight is 414 g/mol. The van der Waals surface area contributed by atoms with Crippen molar-refractivity contribution in [2.45, 2.75) is 45.6 Å². The van der Waals surface area contributed by atoms with Crippen LogP contribution in [0.5, 0.6) is 0 Å².